The largest absolute Gasteiger partial charge is 0.349 e. The van der Waals surface area contributed by atoms with Crippen molar-refractivity contribution in [2.24, 2.45) is 0 Å². The summed E-state index contributed by atoms with van der Waals surface area (Å²) in [4.78, 5) is 17.1. The molecule has 5 nitrogen and oxygen atoms in total. The summed E-state index contributed by atoms with van der Waals surface area (Å²) < 4.78 is 5.21. The third-order valence-electron chi connectivity index (χ3n) is 4.81. The lowest BCUT2D eigenvalue weighted by Gasteiger charge is -2.37. The van der Waals surface area contributed by atoms with Crippen molar-refractivity contribution in [3.63, 3.8) is 0 Å². The van der Waals surface area contributed by atoms with Crippen molar-refractivity contribution in [3.05, 3.63) is 58.9 Å². The highest BCUT2D eigenvalue weighted by Crippen LogP contribution is 2.37. The molecular formula is C19H19N3O2. The average Bonchev–Trinajstić information content (AvgIpc) is 2.92. The number of carbonyl (C=O) groups is 1. The monoisotopic (exact) mass is 321 g/mol. The molecular weight excluding hydrogens is 302 g/mol. The fraction of sp³-hybridized carbons (Fsp3) is 0.316. The van der Waals surface area contributed by atoms with E-state index in [4.69, 9.17) is 4.52 Å². The second-order valence-electron chi connectivity index (χ2n) is 6.43. The van der Waals surface area contributed by atoms with Crippen molar-refractivity contribution in [2.75, 3.05) is 0 Å². The second-order valence-corrected chi connectivity index (χ2v) is 6.43. The van der Waals surface area contributed by atoms with Gasteiger partial charge < -0.3 is 9.84 Å². The molecule has 0 unspecified atom stereocenters. The standard InChI is InChI=1S/C19H19N3O2/c1-11-10-15(17-12(2)22-24-19(17)20-11)18(23)21-16-9-8-14(16)13-6-4-3-5-7-13/h3-7,10,14,16H,8-9H2,1-2H3,(H,21,23)/t14-,16-/m0/s1. The molecule has 1 fully saturated rings. The van der Waals surface area contributed by atoms with Crippen LogP contribution in [0.5, 0.6) is 0 Å². The van der Waals surface area contributed by atoms with E-state index in [1.807, 2.05) is 32.0 Å². The summed E-state index contributed by atoms with van der Waals surface area (Å²) in [6.07, 6.45) is 2.10. The van der Waals surface area contributed by atoms with Gasteiger partial charge in [-0.25, -0.2) is 4.98 Å². The predicted octanol–water partition coefficient (Wildman–Crippen LogP) is 3.52. The molecule has 1 aliphatic carbocycles. The first-order valence-corrected chi connectivity index (χ1v) is 8.23. The zero-order chi connectivity index (χ0) is 16.7. The Morgan fingerprint density at radius 1 is 1.21 bits per heavy atom. The summed E-state index contributed by atoms with van der Waals surface area (Å²) in [7, 11) is 0. The SMILES string of the molecule is Cc1cc(C(=O)N[C@H]2CC[C@H]2c2ccccc2)c2c(C)noc2n1. The van der Waals surface area contributed by atoms with Gasteiger partial charge >= 0.3 is 0 Å². The van der Waals surface area contributed by atoms with Crippen molar-refractivity contribution in [1.82, 2.24) is 15.5 Å². The van der Waals surface area contributed by atoms with Crippen LogP contribution < -0.4 is 5.32 Å². The van der Waals surface area contributed by atoms with Gasteiger partial charge in [0.05, 0.1) is 16.6 Å². The van der Waals surface area contributed by atoms with E-state index in [1.54, 1.807) is 6.07 Å². The lowest BCUT2D eigenvalue weighted by atomic mass is 9.75. The van der Waals surface area contributed by atoms with Crippen LogP contribution in [0.3, 0.4) is 0 Å². The first-order chi connectivity index (χ1) is 11.6. The van der Waals surface area contributed by atoms with Crippen molar-refractivity contribution < 1.29 is 9.32 Å². The first-order valence-electron chi connectivity index (χ1n) is 8.23. The minimum Gasteiger partial charge on any atom is -0.349 e. The number of amides is 1. The molecule has 1 aliphatic rings. The molecule has 5 heteroatoms. The van der Waals surface area contributed by atoms with Gasteiger partial charge in [-0.2, -0.15) is 0 Å². The molecule has 0 radical (unpaired) electrons. The fourth-order valence-electron chi connectivity index (χ4n) is 3.41. The van der Waals surface area contributed by atoms with E-state index in [0.717, 1.165) is 18.5 Å². The van der Waals surface area contributed by atoms with Gasteiger partial charge in [-0.05, 0) is 38.3 Å². The van der Waals surface area contributed by atoms with E-state index in [0.29, 0.717) is 28.3 Å². The Hall–Kier alpha value is -2.69. The number of pyridine rings is 1. The highest BCUT2D eigenvalue weighted by atomic mass is 16.5. The number of nitrogens with one attached hydrogen (secondary N) is 1. The molecule has 1 aromatic carbocycles. The Morgan fingerprint density at radius 2 is 2.00 bits per heavy atom. The van der Waals surface area contributed by atoms with E-state index in [1.165, 1.54) is 5.56 Å². The number of aromatic nitrogens is 2. The number of benzene rings is 1. The van der Waals surface area contributed by atoms with Crippen molar-refractivity contribution in [2.45, 2.75) is 38.6 Å². The highest BCUT2D eigenvalue weighted by Gasteiger charge is 2.33. The lowest BCUT2D eigenvalue weighted by molar-refractivity contribution is 0.0906. The topological polar surface area (TPSA) is 68.0 Å². The normalized spacial score (nSPS) is 19.9. The molecule has 4 rings (SSSR count). The molecule has 0 aliphatic heterocycles. The summed E-state index contributed by atoms with van der Waals surface area (Å²) in [5.74, 6) is 0.305. The van der Waals surface area contributed by atoms with Crippen LogP contribution in [0.15, 0.2) is 40.9 Å². The number of fused-ring (bicyclic) bond motifs is 1. The highest BCUT2D eigenvalue weighted by molar-refractivity contribution is 6.06. The van der Waals surface area contributed by atoms with Crippen LogP contribution in [-0.4, -0.2) is 22.1 Å². The van der Waals surface area contributed by atoms with Crippen LogP contribution in [0.4, 0.5) is 0 Å². The van der Waals surface area contributed by atoms with Crippen molar-refractivity contribution in [3.8, 4) is 0 Å². The summed E-state index contributed by atoms with van der Waals surface area (Å²) in [5.41, 5.74) is 3.74. The Kier molecular flexibility index (Phi) is 3.56. The quantitative estimate of drug-likeness (QED) is 0.801. The molecule has 2 atom stereocenters. The van der Waals surface area contributed by atoms with Gasteiger partial charge in [0, 0.05) is 17.7 Å². The van der Waals surface area contributed by atoms with Gasteiger partial charge in [0.25, 0.3) is 11.6 Å². The molecule has 1 saturated carbocycles. The number of hydrogen-bond donors (Lipinski definition) is 1. The molecule has 0 spiro atoms. The average molecular weight is 321 g/mol. The minimum atomic E-state index is -0.0811. The maximum atomic E-state index is 12.8. The first kappa shape index (κ1) is 14.9. The summed E-state index contributed by atoms with van der Waals surface area (Å²) in [5, 5.41) is 7.82. The molecule has 0 saturated heterocycles. The molecule has 24 heavy (non-hydrogen) atoms. The molecule has 3 aromatic rings. The Morgan fingerprint density at radius 3 is 2.71 bits per heavy atom. The molecule has 1 N–H and O–H groups in total. The Bertz CT molecular complexity index is 902. The summed E-state index contributed by atoms with van der Waals surface area (Å²) >= 11 is 0. The van der Waals surface area contributed by atoms with Gasteiger partial charge in [-0.1, -0.05) is 35.5 Å². The van der Waals surface area contributed by atoms with Crippen LogP contribution in [-0.2, 0) is 0 Å². The van der Waals surface area contributed by atoms with Gasteiger partial charge in [-0.3, -0.25) is 4.79 Å². The lowest BCUT2D eigenvalue weighted by Crippen LogP contribution is -2.45. The van der Waals surface area contributed by atoms with Crippen LogP contribution in [0.2, 0.25) is 0 Å². The minimum absolute atomic E-state index is 0.0811. The van der Waals surface area contributed by atoms with E-state index in [2.05, 4.69) is 27.6 Å². The smallest absolute Gasteiger partial charge is 0.258 e. The molecule has 2 heterocycles. The molecule has 2 aromatic heterocycles. The predicted molar refractivity (Wildman–Crippen MR) is 90.9 cm³/mol. The van der Waals surface area contributed by atoms with Crippen LogP contribution in [0.25, 0.3) is 11.1 Å². The second kappa shape index (κ2) is 5.74. The van der Waals surface area contributed by atoms with Crippen LogP contribution in [0.1, 0.15) is 46.1 Å². The number of aryl methyl sites for hydroxylation is 2. The maximum absolute atomic E-state index is 12.8. The van der Waals surface area contributed by atoms with E-state index < -0.39 is 0 Å². The summed E-state index contributed by atoms with van der Waals surface area (Å²) in [6.45, 7) is 3.68. The van der Waals surface area contributed by atoms with Crippen LogP contribution >= 0.6 is 0 Å². The Labute approximate surface area is 140 Å². The van der Waals surface area contributed by atoms with E-state index >= 15 is 0 Å². The Balaban J connectivity index is 1.60. The summed E-state index contributed by atoms with van der Waals surface area (Å²) in [6, 6.07) is 12.3. The number of rotatable bonds is 3. The third-order valence-corrected chi connectivity index (χ3v) is 4.81. The maximum Gasteiger partial charge on any atom is 0.258 e. The number of nitrogens with zero attached hydrogens (tertiary/aromatic N) is 2. The number of carbonyl (C=O) groups excluding carboxylic acids is 1. The molecule has 122 valence electrons. The van der Waals surface area contributed by atoms with Crippen molar-refractivity contribution >= 4 is 17.0 Å². The zero-order valence-electron chi connectivity index (χ0n) is 13.7. The van der Waals surface area contributed by atoms with Gasteiger partial charge in [0.1, 0.15) is 0 Å². The number of hydrogen-bond acceptors (Lipinski definition) is 4. The third kappa shape index (κ3) is 2.46. The van der Waals surface area contributed by atoms with Gasteiger partial charge in [-0.15, -0.1) is 0 Å². The van der Waals surface area contributed by atoms with Crippen molar-refractivity contribution in [1.29, 1.82) is 0 Å². The van der Waals surface area contributed by atoms with E-state index in [9.17, 15) is 4.79 Å². The van der Waals surface area contributed by atoms with Gasteiger partial charge in [0.2, 0.25) is 0 Å². The molecule has 0 bridgehead atoms. The zero-order valence-corrected chi connectivity index (χ0v) is 13.7. The van der Waals surface area contributed by atoms with Gasteiger partial charge in [0.15, 0.2) is 0 Å². The van der Waals surface area contributed by atoms with E-state index in [-0.39, 0.29) is 11.9 Å². The molecule has 1 amide bonds. The fourth-order valence-corrected chi connectivity index (χ4v) is 3.41. The van der Waals surface area contributed by atoms with Crippen LogP contribution in [0, 0.1) is 13.8 Å².